The van der Waals surface area contributed by atoms with Crippen molar-refractivity contribution in [3.05, 3.63) is 59.7 Å². The molecular formula is C20H24N2O3S. The van der Waals surface area contributed by atoms with Crippen LogP contribution in [0.3, 0.4) is 0 Å². The molecule has 3 rings (SSSR count). The Bertz CT molecular complexity index is 884. The number of hydrogen-bond donors (Lipinski definition) is 1. The van der Waals surface area contributed by atoms with Gasteiger partial charge in [0.1, 0.15) is 0 Å². The first-order valence-corrected chi connectivity index (χ1v) is 10.3. The quantitative estimate of drug-likeness (QED) is 0.867. The number of para-hydroxylation sites is 1. The van der Waals surface area contributed by atoms with E-state index in [0.29, 0.717) is 24.6 Å². The van der Waals surface area contributed by atoms with Crippen molar-refractivity contribution >= 4 is 21.6 Å². The van der Waals surface area contributed by atoms with Crippen molar-refractivity contribution in [2.75, 3.05) is 18.4 Å². The predicted molar refractivity (Wildman–Crippen MR) is 103 cm³/mol. The number of nitrogens with one attached hydrogen (secondary N) is 1. The Hall–Kier alpha value is -2.18. The minimum atomic E-state index is -3.46. The van der Waals surface area contributed by atoms with E-state index in [4.69, 9.17) is 0 Å². The molecule has 2 aromatic carbocycles. The Labute approximate surface area is 155 Å². The maximum atomic E-state index is 12.6. The van der Waals surface area contributed by atoms with E-state index < -0.39 is 10.0 Å². The summed E-state index contributed by atoms with van der Waals surface area (Å²) in [6.45, 7) is 5.28. The maximum absolute atomic E-state index is 12.6. The average molecular weight is 372 g/mol. The van der Waals surface area contributed by atoms with Gasteiger partial charge in [0.2, 0.25) is 10.0 Å². The van der Waals surface area contributed by atoms with Crippen molar-refractivity contribution in [1.29, 1.82) is 0 Å². The topological polar surface area (TPSA) is 66.5 Å². The van der Waals surface area contributed by atoms with Crippen LogP contribution in [-0.2, 0) is 10.0 Å². The van der Waals surface area contributed by atoms with Gasteiger partial charge in [-0.15, -0.1) is 0 Å². The molecular weight excluding hydrogens is 348 g/mol. The highest BCUT2D eigenvalue weighted by Crippen LogP contribution is 2.25. The lowest BCUT2D eigenvalue weighted by Crippen LogP contribution is -2.27. The summed E-state index contributed by atoms with van der Waals surface area (Å²) in [4.78, 5) is 12.8. The van der Waals surface area contributed by atoms with Crippen LogP contribution in [0.5, 0.6) is 0 Å². The molecule has 1 amide bonds. The summed E-state index contributed by atoms with van der Waals surface area (Å²) in [5.74, 6) is 0.0442. The third-order valence-electron chi connectivity index (χ3n) is 4.65. The van der Waals surface area contributed by atoms with Crippen molar-refractivity contribution in [2.45, 2.75) is 37.5 Å². The zero-order valence-corrected chi connectivity index (χ0v) is 15.9. The lowest BCUT2D eigenvalue weighted by molar-refractivity contribution is 0.102. The molecule has 138 valence electrons. The summed E-state index contributed by atoms with van der Waals surface area (Å²) in [7, 11) is -3.46. The molecule has 0 spiro atoms. The van der Waals surface area contributed by atoms with Crippen molar-refractivity contribution in [3.8, 4) is 0 Å². The molecule has 1 fully saturated rings. The third-order valence-corrected chi connectivity index (χ3v) is 6.56. The number of nitrogens with zero attached hydrogens (tertiary/aromatic N) is 1. The molecule has 2 aromatic rings. The number of hydrogen-bond acceptors (Lipinski definition) is 3. The second kappa shape index (κ2) is 7.60. The van der Waals surface area contributed by atoms with Crippen LogP contribution in [0, 0.1) is 0 Å². The van der Waals surface area contributed by atoms with Crippen LogP contribution in [0.1, 0.15) is 48.5 Å². The van der Waals surface area contributed by atoms with E-state index in [2.05, 4.69) is 19.2 Å². The summed E-state index contributed by atoms with van der Waals surface area (Å²) < 4.78 is 26.6. The lowest BCUT2D eigenvalue weighted by atomic mass is 10.0. The van der Waals surface area contributed by atoms with Crippen molar-refractivity contribution in [3.63, 3.8) is 0 Å². The van der Waals surface area contributed by atoms with E-state index in [-0.39, 0.29) is 10.8 Å². The van der Waals surface area contributed by atoms with E-state index in [9.17, 15) is 13.2 Å². The van der Waals surface area contributed by atoms with Gasteiger partial charge in [-0.2, -0.15) is 4.31 Å². The molecule has 1 N–H and O–H groups in total. The second-order valence-electron chi connectivity index (χ2n) is 6.83. The Morgan fingerprint density at radius 2 is 1.62 bits per heavy atom. The summed E-state index contributed by atoms with van der Waals surface area (Å²) in [5.41, 5.74) is 2.28. The first-order chi connectivity index (χ1) is 12.4. The molecule has 0 aliphatic carbocycles. The van der Waals surface area contributed by atoms with E-state index in [0.717, 1.165) is 24.1 Å². The normalized spacial score (nSPS) is 15.3. The Morgan fingerprint density at radius 3 is 2.23 bits per heavy atom. The van der Waals surface area contributed by atoms with Gasteiger partial charge in [0, 0.05) is 24.3 Å². The number of sulfonamides is 1. The zero-order chi connectivity index (χ0) is 18.7. The maximum Gasteiger partial charge on any atom is 0.255 e. The number of rotatable bonds is 5. The van der Waals surface area contributed by atoms with Crippen LogP contribution in [0.2, 0.25) is 0 Å². The van der Waals surface area contributed by atoms with Gasteiger partial charge >= 0.3 is 0 Å². The molecule has 1 aliphatic heterocycles. The minimum Gasteiger partial charge on any atom is -0.322 e. The molecule has 0 unspecified atom stereocenters. The molecule has 0 radical (unpaired) electrons. The smallest absolute Gasteiger partial charge is 0.255 e. The number of amides is 1. The highest BCUT2D eigenvalue weighted by atomic mass is 32.2. The van der Waals surface area contributed by atoms with Gasteiger partial charge in [-0.05, 0) is 54.7 Å². The minimum absolute atomic E-state index is 0.235. The van der Waals surface area contributed by atoms with Crippen LogP contribution in [-0.4, -0.2) is 31.7 Å². The summed E-state index contributed by atoms with van der Waals surface area (Å²) >= 11 is 0. The van der Waals surface area contributed by atoms with Crippen LogP contribution in [0.4, 0.5) is 5.69 Å². The van der Waals surface area contributed by atoms with E-state index >= 15 is 0 Å². The monoisotopic (exact) mass is 372 g/mol. The van der Waals surface area contributed by atoms with Crippen LogP contribution >= 0.6 is 0 Å². The fourth-order valence-corrected chi connectivity index (χ4v) is 4.68. The van der Waals surface area contributed by atoms with Crippen LogP contribution < -0.4 is 5.32 Å². The first-order valence-electron chi connectivity index (χ1n) is 8.90. The predicted octanol–water partition coefficient (Wildman–Crippen LogP) is 3.85. The third kappa shape index (κ3) is 3.81. The molecule has 26 heavy (non-hydrogen) atoms. The number of carbonyl (C=O) groups is 1. The Morgan fingerprint density at radius 1 is 1.00 bits per heavy atom. The Balaban J connectivity index is 1.78. The molecule has 6 heteroatoms. The molecule has 0 aromatic heterocycles. The van der Waals surface area contributed by atoms with Gasteiger partial charge in [0.25, 0.3) is 5.91 Å². The summed E-state index contributed by atoms with van der Waals surface area (Å²) in [6, 6.07) is 13.8. The average Bonchev–Trinajstić information content (AvgIpc) is 3.17. The van der Waals surface area contributed by atoms with Gasteiger partial charge < -0.3 is 5.32 Å². The van der Waals surface area contributed by atoms with Crippen LogP contribution in [0.15, 0.2) is 53.4 Å². The van der Waals surface area contributed by atoms with Gasteiger partial charge in [-0.3, -0.25) is 4.79 Å². The number of carbonyl (C=O) groups excluding carboxylic acids is 1. The van der Waals surface area contributed by atoms with Crippen molar-refractivity contribution < 1.29 is 13.2 Å². The largest absolute Gasteiger partial charge is 0.322 e. The van der Waals surface area contributed by atoms with E-state index in [1.165, 1.54) is 16.4 Å². The Kier molecular flexibility index (Phi) is 5.44. The molecule has 1 heterocycles. The highest BCUT2D eigenvalue weighted by Gasteiger charge is 2.27. The molecule has 5 nitrogen and oxygen atoms in total. The second-order valence-corrected chi connectivity index (χ2v) is 8.77. The van der Waals surface area contributed by atoms with Crippen molar-refractivity contribution in [1.82, 2.24) is 4.31 Å². The standard InChI is InChI=1S/C20H24N2O3S/c1-15(2)18-7-3-4-8-19(18)21-20(23)16-9-11-17(12-10-16)26(24,25)22-13-5-6-14-22/h3-4,7-12,15H,5-6,13-14H2,1-2H3,(H,21,23). The number of benzene rings is 2. The molecule has 1 aliphatic rings. The van der Waals surface area contributed by atoms with Gasteiger partial charge in [0.15, 0.2) is 0 Å². The van der Waals surface area contributed by atoms with E-state index in [1.54, 1.807) is 12.1 Å². The summed E-state index contributed by atoms with van der Waals surface area (Å²) in [5, 5.41) is 2.92. The molecule has 0 bridgehead atoms. The van der Waals surface area contributed by atoms with E-state index in [1.807, 2.05) is 24.3 Å². The number of anilines is 1. The highest BCUT2D eigenvalue weighted by molar-refractivity contribution is 7.89. The fourth-order valence-electron chi connectivity index (χ4n) is 3.16. The fraction of sp³-hybridized carbons (Fsp3) is 0.350. The molecule has 0 atom stereocenters. The van der Waals surface area contributed by atoms with Crippen LogP contribution in [0.25, 0.3) is 0 Å². The SMILES string of the molecule is CC(C)c1ccccc1NC(=O)c1ccc(S(=O)(=O)N2CCCC2)cc1. The summed E-state index contributed by atoms with van der Waals surface area (Å²) in [6.07, 6.45) is 1.80. The van der Waals surface area contributed by atoms with Gasteiger partial charge in [-0.25, -0.2) is 8.42 Å². The van der Waals surface area contributed by atoms with Gasteiger partial charge in [-0.1, -0.05) is 32.0 Å². The first kappa shape index (κ1) is 18.6. The lowest BCUT2D eigenvalue weighted by Gasteiger charge is -2.16. The van der Waals surface area contributed by atoms with Gasteiger partial charge in [0.05, 0.1) is 4.90 Å². The molecule has 0 saturated carbocycles. The van der Waals surface area contributed by atoms with Crippen molar-refractivity contribution in [2.24, 2.45) is 0 Å². The zero-order valence-electron chi connectivity index (χ0n) is 15.1. The molecule has 1 saturated heterocycles.